The summed E-state index contributed by atoms with van der Waals surface area (Å²) >= 11 is 0. The number of hydrogen-bond donors (Lipinski definition) is 1. The highest BCUT2D eigenvalue weighted by atomic mass is 16.6. The highest BCUT2D eigenvalue weighted by Gasteiger charge is 2.27. The van der Waals surface area contributed by atoms with Crippen molar-refractivity contribution in [1.29, 1.82) is 0 Å². The molecule has 1 aromatic carbocycles. The van der Waals surface area contributed by atoms with Gasteiger partial charge in [0.15, 0.2) is 0 Å². The summed E-state index contributed by atoms with van der Waals surface area (Å²) in [5.41, 5.74) is 2.06. The first kappa shape index (κ1) is 17.4. The Morgan fingerprint density at radius 3 is 2.39 bits per heavy atom. The predicted molar refractivity (Wildman–Crippen MR) is 86.1 cm³/mol. The Balaban J connectivity index is 2.08. The average Bonchev–Trinajstić information content (AvgIpc) is 2.53. The lowest BCUT2D eigenvalue weighted by atomic mass is 10.00. The summed E-state index contributed by atoms with van der Waals surface area (Å²) in [5.74, 6) is -0.246. The maximum atomic E-state index is 11.8. The van der Waals surface area contributed by atoms with E-state index < -0.39 is 6.10 Å². The van der Waals surface area contributed by atoms with Crippen LogP contribution >= 0.6 is 0 Å². The van der Waals surface area contributed by atoms with Gasteiger partial charge in [0, 0.05) is 44.4 Å². The van der Waals surface area contributed by atoms with Crippen LogP contribution in [0.3, 0.4) is 0 Å². The molecule has 1 heterocycles. The van der Waals surface area contributed by atoms with Gasteiger partial charge in [-0.1, -0.05) is 6.07 Å². The quantitative estimate of drug-likeness (QED) is 0.670. The number of nitrogens with zero attached hydrogens (tertiary/aromatic N) is 3. The summed E-state index contributed by atoms with van der Waals surface area (Å²) in [7, 11) is 0. The number of aliphatic hydroxyl groups excluding tert-OH is 1. The van der Waals surface area contributed by atoms with E-state index in [0.717, 1.165) is 11.1 Å². The van der Waals surface area contributed by atoms with Crippen LogP contribution in [0.2, 0.25) is 0 Å². The molecule has 126 valence electrons. The van der Waals surface area contributed by atoms with Crippen molar-refractivity contribution in [2.45, 2.75) is 32.9 Å². The normalized spacial score (nSPS) is 18.5. The van der Waals surface area contributed by atoms with E-state index in [1.54, 1.807) is 17.0 Å². The molecule has 0 spiro atoms. The zero-order valence-corrected chi connectivity index (χ0v) is 13.7. The summed E-state index contributed by atoms with van der Waals surface area (Å²) in [6.45, 7) is 7.93. The third-order valence-electron chi connectivity index (χ3n) is 4.45. The SMILES string of the molecule is Cc1ccc([N+](=O)[O-])cc1C(C)N1CCN(C(=O)C(C)O)CC1. The Hall–Kier alpha value is -1.99. The second-order valence-electron chi connectivity index (χ2n) is 6.01. The van der Waals surface area contributed by atoms with Gasteiger partial charge in [0.05, 0.1) is 4.92 Å². The number of carbonyl (C=O) groups is 1. The molecule has 0 bridgehead atoms. The molecule has 1 N–H and O–H groups in total. The number of nitro groups is 1. The van der Waals surface area contributed by atoms with Gasteiger partial charge in [-0.15, -0.1) is 0 Å². The number of aliphatic hydroxyl groups is 1. The van der Waals surface area contributed by atoms with Crippen molar-refractivity contribution >= 4 is 11.6 Å². The van der Waals surface area contributed by atoms with Crippen LogP contribution < -0.4 is 0 Å². The van der Waals surface area contributed by atoms with Crippen LogP contribution in [0.25, 0.3) is 0 Å². The molecule has 2 rings (SSSR count). The highest BCUT2D eigenvalue weighted by Crippen LogP contribution is 2.28. The molecule has 2 atom stereocenters. The molecule has 1 fully saturated rings. The Morgan fingerprint density at radius 1 is 1.26 bits per heavy atom. The van der Waals surface area contributed by atoms with E-state index in [0.29, 0.717) is 26.2 Å². The molecular weight excluding hydrogens is 298 g/mol. The molecule has 0 saturated carbocycles. The Kier molecular flexibility index (Phi) is 5.33. The number of benzene rings is 1. The minimum absolute atomic E-state index is 0.0405. The Bertz CT molecular complexity index is 595. The fraction of sp³-hybridized carbons (Fsp3) is 0.562. The van der Waals surface area contributed by atoms with Crippen molar-refractivity contribution in [1.82, 2.24) is 9.80 Å². The third kappa shape index (κ3) is 3.86. The fourth-order valence-electron chi connectivity index (χ4n) is 2.98. The zero-order valence-electron chi connectivity index (χ0n) is 13.7. The first-order valence-corrected chi connectivity index (χ1v) is 7.77. The number of amides is 1. The second kappa shape index (κ2) is 7.06. The number of carbonyl (C=O) groups excluding carboxylic acids is 1. The Morgan fingerprint density at radius 2 is 1.87 bits per heavy atom. The van der Waals surface area contributed by atoms with Gasteiger partial charge in [-0.2, -0.15) is 0 Å². The molecule has 1 aromatic rings. The molecule has 1 aliphatic heterocycles. The lowest BCUT2D eigenvalue weighted by Gasteiger charge is -2.38. The first-order valence-electron chi connectivity index (χ1n) is 7.77. The van der Waals surface area contributed by atoms with Crippen molar-refractivity contribution in [3.05, 3.63) is 39.4 Å². The van der Waals surface area contributed by atoms with E-state index in [1.165, 1.54) is 13.0 Å². The van der Waals surface area contributed by atoms with Gasteiger partial charge in [0.2, 0.25) is 0 Å². The van der Waals surface area contributed by atoms with Crippen molar-refractivity contribution in [3.8, 4) is 0 Å². The number of hydrogen-bond acceptors (Lipinski definition) is 5. The van der Waals surface area contributed by atoms with Crippen molar-refractivity contribution < 1.29 is 14.8 Å². The molecule has 1 aliphatic rings. The van der Waals surface area contributed by atoms with Gasteiger partial charge in [-0.05, 0) is 31.9 Å². The van der Waals surface area contributed by atoms with Crippen molar-refractivity contribution in [2.24, 2.45) is 0 Å². The maximum absolute atomic E-state index is 11.8. The summed E-state index contributed by atoms with van der Waals surface area (Å²) in [4.78, 5) is 26.3. The van der Waals surface area contributed by atoms with Gasteiger partial charge >= 0.3 is 0 Å². The van der Waals surface area contributed by atoms with Crippen LogP contribution in [0.15, 0.2) is 18.2 Å². The molecular formula is C16H23N3O4. The summed E-state index contributed by atoms with van der Waals surface area (Å²) in [6.07, 6.45) is -0.974. The third-order valence-corrected chi connectivity index (χ3v) is 4.45. The summed E-state index contributed by atoms with van der Waals surface area (Å²) in [5, 5.41) is 20.3. The standard InChI is InChI=1S/C16H23N3O4/c1-11-4-5-14(19(22)23)10-15(11)12(2)17-6-8-18(9-7-17)16(21)13(3)20/h4-5,10,12-13,20H,6-9H2,1-3H3. The van der Waals surface area contributed by atoms with Gasteiger partial charge in [0.1, 0.15) is 6.10 Å². The molecule has 23 heavy (non-hydrogen) atoms. The molecule has 2 unspecified atom stereocenters. The molecule has 0 aliphatic carbocycles. The van der Waals surface area contributed by atoms with Crippen LogP contribution in [-0.4, -0.2) is 58.0 Å². The molecule has 1 saturated heterocycles. The predicted octanol–water partition coefficient (Wildman–Crippen LogP) is 1.49. The van der Waals surface area contributed by atoms with E-state index in [4.69, 9.17) is 0 Å². The van der Waals surface area contributed by atoms with Gasteiger partial charge in [0.25, 0.3) is 11.6 Å². The summed E-state index contributed by atoms with van der Waals surface area (Å²) in [6, 6.07) is 4.97. The van der Waals surface area contributed by atoms with Crippen LogP contribution in [0.5, 0.6) is 0 Å². The van der Waals surface area contributed by atoms with Crippen LogP contribution in [0, 0.1) is 17.0 Å². The zero-order chi connectivity index (χ0) is 17.1. The lowest BCUT2D eigenvalue weighted by Crippen LogP contribution is -2.51. The second-order valence-corrected chi connectivity index (χ2v) is 6.01. The number of non-ortho nitro benzene ring substituents is 1. The van der Waals surface area contributed by atoms with E-state index in [1.807, 2.05) is 13.8 Å². The summed E-state index contributed by atoms with van der Waals surface area (Å²) < 4.78 is 0. The lowest BCUT2D eigenvalue weighted by molar-refractivity contribution is -0.385. The smallest absolute Gasteiger partial charge is 0.269 e. The van der Waals surface area contributed by atoms with E-state index in [-0.39, 0.29) is 22.6 Å². The average molecular weight is 321 g/mol. The topological polar surface area (TPSA) is 86.9 Å². The molecule has 0 radical (unpaired) electrons. The first-order chi connectivity index (χ1) is 10.8. The number of aryl methyl sites for hydroxylation is 1. The van der Waals surface area contributed by atoms with Crippen molar-refractivity contribution in [2.75, 3.05) is 26.2 Å². The maximum Gasteiger partial charge on any atom is 0.269 e. The Labute approximate surface area is 135 Å². The van der Waals surface area contributed by atoms with Crippen LogP contribution in [0.1, 0.15) is 31.0 Å². The van der Waals surface area contributed by atoms with E-state index in [2.05, 4.69) is 4.90 Å². The number of nitro benzene ring substituents is 1. The largest absolute Gasteiger partial charge is 0.384 e. The molecule has 1 amide bonds. The molecule has 7 heteroatoms. The monoisotopic (exact) mass is 321 g/mol. The minimum atomic E-state index is -0.974. The highest BCUT2D eigenvalue weighted by molar-refractivity contribution is 5.80. The minimum Gasteiger partial charge on any atom is -0.384 e. The van der Waals surface area contributed by atoms with Gasteiger partial charge in [-0.3, -0.25) is 19.8 Å². The van der Waals surface area contributed by atoms with Gasteiger partial charge < -0.3 is 10.0 Å². The number of piperazine rings is 1. The molecule has 7 nitrogen and oxygen atoms in total. The van der Waals surface area contributed by atoms with E-state index >= 15 is 0 Å². The fourth-order valence-corrected chi connectivity index (χ4v) is 2.98. The van der Waals surface area contributed by atoms with Gasteiger partial charge in [-0.25, -0.2) is 0 Å². The van der Waals surface area contributed by atoms with E-state index in [9.17, 15) is 20.0 Å². The number of rotatable bonds is 4. The van der Waals surface area contributed by atoms with Crippen LogP contribution in [-0.2, 0) is 4.79 Å². The molecule has 0 aromatic heterocycles. The van der Waals surface area contributed by atoms with Crippen molar-refractivity contribution in [3.63, 3.8) is 0 Å². The van der Waals surface area contributed by atoms with Crippen LogP contribution in [0.4, 0.5) is 5.69 Å².